The van der Waals surface area contributed by atoms with Crippen molar-refractivity contribution in [2.24, 2.45) is 0 Å². The summed E-state index contributed by atoms with van der Waals surface area (Å²) >= 11 is 0. The van der Waals surface area contributed by atoms with Crippen molar-refractivity contribution in [3.63, 3.8) is 0 Å². The van der Waals surface area contributed by atoms with E-state index in [4.69, 9.17) is 18.9 Å². The third-order valence-corrected chi connectivity index (χ3v) is 5.42. The van der Waals surface area contributed by atoms with Crippen molar-refractivity contribution < 1.29 is 23.7 Å². The Balaban J connectivity index is 1.58. The highest BCUT2D eigenvalue weighted by Gasteiger charge is 2.26. The molecule has 9 nitrogen and oxygen atoms in total. The Bertz CT molecular complexity index is 958. The molecule has 0 spiro atoms. The van der Waals surface area contributed by atoms with Crippen molar-refractivity contribution in [3.8, 4) is 17.5 Å². The van der Waals surface area contributed by atoms with E-state index in [1.165, 1.54) is 6.33 Å². The molecule has 0 bridgehead atoms. The monoisotopic (exact) mass is 472 g/mol. The number of piperidine rings is 1. The van der Waals surface area contributed by atoms with Crippen molar-refractivity contribution in [2.75, 3.05) is 19.7 Å². The second-order valence-electron chi connectivity index (χ2n) is 9.00. The number of carbonyl (C=O) groups excluding carboxylic acids is 1. The van der Waals surface area contributed by atoms with Crippen LogP contribution in [0.3, 0.4) is 0 Å². The zero-order valence-electron chi connectivity index (χ0n) is 21.0. The SMILES string of the molecule is Cc1nc(CCOC(C)C)ccc1Oc1ncnc(OC2CCN(C(=O)OC(C)C)CC2)c1C. The van der Waals surface area contributed by atoms with Crippen molar-refractivity contribution in [1.29, 1.82) is 0 Å². The number of rotatable bonds is 9. The number of likely N-dealkylation sites (tertiary alicyclic amines) is 1. The third-order valence-electron chi connectivity index (χ3n) is 5.42. The molecule has 1 aliphatic heterocycles. The van der Waals surface area contributed by atoms with Crippen LogP contribution in [0.2, 0.25) is 0 Å². The van der Waals surface area contributed by atoms with Crippen LogP contribution in [0.1, 0.15) is 57.5 Å². The van der Waals surface area contributed by atoms with Gasteiger partial charge >= 0.3 is 6.09 Å². The average Bonchev–Trinajstić information content (AvgIpc) is 2.78. The summed E-state index contributed by atoms with van der Waals surface area (Å²) in [5, 5.41) is 0. The van der Waals surface area contributed by atoms with Gasteiger partial charge in [-0.1, -0.05) is 0 Å². The lowest BCUT2D eigenvalue weighted by atomic mass is 10.1. The number of carbonyl (C=O) groups is 1. The molecule has 1 fully saturated rings. The molecule has 2 aromatic heterocycles. The molecule has 0 unspecified atom stereocenters. The van der Waals surface area contributed by atoms with Crippen molar-refractivity contribution >= 4 is 6.09 Å². The van der Waals surface area contributed by atoms with Gasteiger partial charge in [-0.3, -0.25) is 4.98 Å². The van der Waals surface area contributed by atoms with Gasteiger partial charge in [-0.2, -0.15) is 0 Å². The van der Waals surface area contributed by atoms with Gasteiger partial charge in [0.2, 0.25) is 11.8 Å². The number of aromatic nitrogens is 3. The van der Waals surface area contributed by atoms with E-state index in [-0.39, 0.29) is 24.4 Å². The standard InChI is InChI=1S/C25H36N4O5/c1-16(2)31-14-11-20-7-8-22(19(6)28-20)34-24-18(5)23(26-15-27-24)33-21-9-12-29(13-10-21)25(30)32-17(3)4/h7-8,15-17,21H,9-14H2,1-6H3. The highest BCUT2D eigenvalue weighted by molar-refractivity contribution is 5.67. The molecule has 0 aliphatic carbocycles. The van der Waals surface area contributed by atoms with Crippen LogP contribution in [-0.4, -0.2) is 64.0 Å². The maximum Gasteiger partial charge on any atom is 0.410 e. The van der Waals surface area contributed by atoms with E-state index < -0.39 is 0 Å². The summed E-state index contributed by atoms with van der Waals surface area (Å²) in [6.45, 7) is 13.3. The first-order valence-electron chi connectivity index (χ1n) is 11.9. The molecule has 2 aromatic rings. The molecule has 1 saturated heterocycles. The molecule has 186 valence electrons. The maximum absolute atomic E-state index is 12.1. The second-order valence-corrected chi connectivity index (χ2v) is 9.00. The van der Waals surface area contributed by atoms with Gasteiger partial charge in [0.25, 0.3) is 0 Å². The molecule has 0 N–H and O–H groups in total. The Hall–Kier alpha value is -2.94. The molecule has 3 heterocycles. The molecule has 1 aliphatic rings. The summed E-state index contributed by atoms with van der Waals surface area (Å²) in [6.07, 6.45) is 3.36. The van der Waals surface area contributed by atoms with Crippen LogP contribution < -0.4 is 9.47 Å². The van der Waals surface area contributed by atoms with Gasteiger partial charge in [0, 0.05) is 38.0 Å². The number of ether oxygens (including phenoxy) is 4. The van der Waals surface area contributed by atoms with Crippen LogP contribution in [0.5, 0.6) is 17.5 Å². The minimum absolute atomic E-state index is 0.0414. The highest BCUT2D eigenvalue weighted by Crippen LogP contribution is 2.30. The predicted molar refractivity (Wildman–Crippen MR) is 127 cm³/mol. The van der Waals surface area contributed by atoms with Crippen LogP contribution in [0.25, 0.3) is 0 Å². The number of amides is 1. The Morgan fingerprint density at radius 3 is 2.41 bits per heavy atom. The minimum atomic E-state index is -0.273. The van der Waals surface area contributed by atoms with Crippen LogP contribution >= 0.6 is 0 Å². The predicted octanol–water partition coefficient (Wildman–Crippen LogP) is 4.64. The first-order chi connectivity index (χ1) is 16.2. The Labute approximate surface area is 201 Å². The van der Waals surface area contributed by atoms with E-state index in [1.54, 1.807) is 4.90 Å². The second kappa shape index (κ2) is 12.0. The van der Waals surface area contributed by atoms with Gasteiger partial charge in [0.1, 0.15) is 12.4 Å². The number of aryl methyl sites for hydroxylation is 1. The lowest BCUT2D eigenvalue weighted by Gasteiger charge is -2.31. The topological polar surface area (TPSA) is 95.9 Å². The van der Waals surface area contributed by atoms with Gasteiger partial charge < -0.3 is 23.8 Å². The van der Waals surface area contributed by atoms with E-state index in [0.717, 1.165) is 23.4 Å². The van der Waals surface area contributed by atoms with E-state index in [0.29, 0.717) is 50.0 Å². The molecule has 34 heavy (non-hydrogen) atoms. The van der Waals surface area contributed by atoms with E-state index in [9.17, 15) is 4.79 Å². The Morgan fingerprint density at radius 2 is 1.76 bits per heavy atom. The summed E-state index contributed by atoms with van der Waals surface area (Å²) in [5.74, 6) is 1.56. The summed E-state index contributed by atoms with van der Waals surface area (Å²) in [4.78, 5) is 27.0. The molecule has 0 atom stereocenters. The fourth-order valence-corrected chi connectivity index (χ4v) is 3.58. The van der Waals surface area contributed by atoms with Gasteiger partial charge in [-0.05, 0) is 53.7 Å². The van der Waals surface area contributed by atoms with Gasteiger partial charge in [-0.25, -0.2) is 14.8 Å². The quantitative estimate of drug-likeness (QED) is 0.521. The van der Waals surface area contributed by atoms with Crippen molar-refractivity contribution in [2.45, 2.75) is 79.1 Å². The first kappa shape index (κ1) is 25.7. The van der Waals surface area contributed by atoms with E-state index in [2.05, 4.69) is 15.0 Å². The van der Waals surface area contributed by atoms with Crippen molar-refractivity contribution in [3.05, 3.63) is 35.4 Å². The molecular weight excluding hydrogens is 436 g/mol. The maximum atomic E-state index is 12.1. The van der Waals surface area contributed by atoms with E-state index >= 15 is 0 Å². The molecule has 0 saturated carbocycles. The number of hydrogen-bond acceptors (Lipinski definition) is 8. The molecule has 0 radical (unpaired) electrons. The first-order valence-corrected chi connectivity index (χ1v) is 11.9. The normalized spacial score (nSPS) is 14.5. The van der Waals surface area contributed by atoms with Gasteiger partial charge in [-0.15, -0.1) is 0 Å². The van der Waals surface area contributed by atoms with Crippen LogP contribution in [0, 0.1) is 13.8 Å². The lowest BCUT2D eigenvalue weighted by molar-refractivity contribution is 0.0505. The zero-order chi connectivity index (χ0) is 24.7. The van der Waals surface area contributed by atoms with Crippen LogP contribution in [0.15, 0.2) is 18.5 Å². The molecule has 9 heteroatoms. The minimum Gasteiger partial charge on any atom is -0.474 e. The van der Waals surface area contributed by atoms with Crippen LogP contribution in [-0.2, 0) is 15.9 Å². The van der Waals surface area contributed by atoms with Gasteiger partial charge in [0.15, 0.2) is 5.75 Å². The molecular formula is C25H36N4O5. The molecule has 3 rings (SSSR count). The van der Waals surface area contributed by atoms with E-state index in [1.807, 2.05) is 53.7 Å². The molecule has 0 aromatic carbocycles. The Morgan fingerprint density at radius 1 is 1.06 bits per heavy atom. The lowest BCUT2D eigenvalue weighted by Crippen LogP contribution is -2.42. The smallest absolute Gasteiger partial charge is 0.410 e. The summed E-state index contributed by atoms with van der Waals surface area (Å²) in [5.41, 5.74) is 2.46. The number of nitrogens with zero attached hydrogens (tertiary/aromatic N) is 4. The van der Waals surface area contributed by atoms with Gasteiger partial charge in [0.05, 0.1) is 30.1 Å². The third kappa shape index (κ3) is 7.28. The summed E-state index contributed by atoms with van der Waals surface area (Å²) in [6, 6.07) is 3.85. The van der Waals surface area contributed by atoms with Crippen LogP contribution in [0.4, 0.5) is 4.79 Å². The number of pyridine rings is 1. The highest BCUT2D eigenvalue weighted by atomic mass is 16.6. The largest absolute Gasteiger partial charge is 0.474 e. The summed E-state index contributed by atoms with van der Waals surface area (Å²) < 4.78 is 23.1. The zero-order valence-corrected chi connectivity index (χ0v) is 21.0. The Kier molecular flexibility index (Phi) is 9.04. The summed E-state index contributed by atoms with van der Waals surface area (Å²) in [7, 11) is 0. The molecule has 1 amide bonds. The average molecular weight is 473 g/mol. The number of hydrogen-bond donors (Lipinski definition) is 0. The fourth-order valence-electron chi connectivity index (χ4n) is 3.58. The van der Waals surface area contributed by atoms with Crippen molar-refractivity contribution in [1.82, 2.24) is 19.9 Å². The fraction of sp³-hybridized carbons (Fsp3) is 0.600.